The van der Waals surface area contributed by atoms with Gasteiger partial charge in [0, 0.05) is 16.6 Å². The second-order valence-corrected chi connectivity index (χ2v) is 5.65. The molecule has 0 unspecified atom stereocenters. The molecule has 1 aromatic rings. The first-order valence-electron chi connectivity index (χ1n) is 5.18. The lowest BCUT2D eigenvalue weighted by Gasteiger charge is -2.11. The number of thioether (sulfide) groups is 1. The van der Waals surface area contributed by atoms with Crippen LogP contribution in [0.15, 0.2) is 29.2 Å². The zero-order chi connectivity index (χ0) is 13.1. The van der Waals surface area contributed by atoms with Gasteiger partial charge in [-0.25, -0.2) is 4.79 Å². The van der Waals surface area contributed by atoms with Crippen molar-refractivity contribution in [3.05, 3.63) is 29.8 Å². The van der Waals surface area contributed by atoms with Gasteiger partial charge in [-0.05, 0) is 17.7 Å². The van der Waals surface area contributed by atoms with Crippen LogP contribution in [0.25, 0.3) is 0 Å². The van der Waals surface area contributed by atoms with Crippen molar-refractivity contribution < 1.29 is 18.7 Å². The van der Waals surface area contributed by atoms with E-state index in [1.165, 1.54) is 0 Å². The molecule has 0 aliphatic rings. The number of alkyl halides is 2. The van der Waals surface area contributed by atoms with E-state index in [-0.39, 0.29) is 0 Å². The van der Waals surface area contributed by atoms with E-state index in [2.05, 4.69) is 0 Å². The fourth-order valence-electron chi connectivity index (χ4n) is 1.29. The number of carbonyl (C=O) groups is 1. The van der Waals surface area contributed by atoms with E-state index in [0.29, 0.717) is 10.8 Å². The van der Waals surface area contributed by atoms with Crippen molar-refractivity contribution >= 4 is 17.7 Å². The highest BCUT2D eigenvalue weighted by atomic mass is 32.2. The number of carboxylic acid groups (broad SMARTS) is 1. The second kappa shape index (κ2) is 5.49. The summed E-state index contributed by atoms with van der Waals surface area (Å²) in [5, 5.41) is 8.74. The summed E-state index contributed by atoms with van der Waals surface area (Å²) in [4.78, 5) is 11.3. The van der Waals surface area contributed by atoms with Crippen LogP contribution in [-0.4, -0.2) is 22.2 Å². The van der Waals surface area contributed by atoms with E-state index in [1.54, 1.807) is 36.0 Å². The predicted octanol–water partition coefficient (Wildman–Crippen LogP) is 3.45. The van der Waals surface area contributed by atoms with E-state index in [9.17, 15) is 13.6 Å². The highest BCUT2D eigenvalue weighted by molar-refractivity contribution is 7.99. The van der Waals surface area contributed by atoms with Crippen molar-refractivity contribution in [3.8, 4) is 0 Å². The van der Waals surface area contributed by atoms with Crippen LogP contribution in [0.1, 0.15) is 19.4 Å². The summed E-state index contributed by atoms with van der Waals surface area (Å²) in [7, 11) is 0. The van der Waals surface area contributed by atoms with Crippen molar-refractivity contribution in [2.45, 2.75) is 36.3 Å². The molecule has 0 saturated heterocycles. The number of rotatable bonds is 5. The van der Waals surface area contributed by atoms with Gasteiger partial charge in [0.2, 0.25) is 0 Å². The molecule has 0 spiro atoms. The predicted molar refractivity (Wildman–Crippen MR) is 63.7 cm³/mol. The Labute approximate surface area is 103 Å². The van der Waals surface area contributed by atoms with Gasteiger partial charge in [0.05, 0.1) is 0 Å². The van der Waals surface area contributed by atoms with Crippen molar-refractivity contribution in [1.29, 1.82) is 0 Å². The molecular weight excluding hydrogens is 246 g/mol. The molecule has 0 saturated carbocycles. The van der Waals surface area contributed by atoms with Gasteiger partial charge in [-0.1, -0.05) is 26.0 Å². The summed E-state index contributed by atoms with van der Waals surface area (Å²) in [6.45, 7) is 4.08. The van der Waals surface area contributed by atoms with Gasteiger partial charge in [0.15, 0.2) is 0 Å². The minimum atomic E-state index is -3.70. The average molecular weight is 260 g/mol. The molecule has 2 nitrogen and oxygen atoms in total. The van der Waals surface area contributed by atoms with E-state index in [1.807, 2.05) is 13.8 Å². The number of hydrogen-bond donors (Lipinski definition) is 1. The van der Waals surface area contributed by atoms with Crippen molar-refractivity contribution in [3.63, 3.8) is 0 Å². The maximum atomic E-state index is 12.9. The van der Waals surface area contributed by atoms with E-state index >= 15 is 0 Å². The Morgan fingerprint density at radius 2 is 1.88 bits per heavy atom. The molecular formula is C12H14F2O2S. The number of halogens is 2. The largest absolute Gasteiger partial charge is 0.477 e. The minimum Gasteiger partial charge on any atom is -0.477 e. The summed E-state index contributed by atoms with van der Waals surface area (Å²) >= 11 is 1.63. The monoisotopic (exact) mass is 260 g/mol. The molecule has 1 aromatic carbocycles. The summed E-state index contributed by atoms with van der Waals surface area (Å²) in [6, 6.07) is 6.55. The van der Waals surface area contributed by atoms with Crippen LogP contribution in [0.4, 0.5) is 8.78 Å². The van der Waals surface area contributed by atoms with Gasteiger partial charge in [-0.15, -0.1) is 11.8 Å². The zero-order valence-corrected chi connectivity index (χ0v) is 10.4. The summed E-state index contributed by atoms with van der Waals surface area (Å²) in [6.07, 6.45) is -0.769. The van der Waals surface area contributed by atoms with E-state index in [4.69, 9.17) is 5.11 Å². The topological polar surface area (TPSA) is 37.3 Å². The van der Waals surface area contributed by atoms with Gasteiger partial charge < -0.3 is 5.11 Å². The van der Waals surface area contributed by atoms with Crippen LogP contribution in [0.3, 0.4) is 0 Å². The number of hydrogen-bond acceptors (Lipinski definition) is 2. The Kier molecular flexibility index (Phi) is 4.51. The third-order valence-corrected chi connectivity index (χ3v) is 3.05. The minimum absolute atomic E-state index is 0.325. The Hall–Kier alpha value is -1.10. The Bertz CT molecular complexity index is 388. The molecule has 0 fully saturated rings. The fraction of sp³-hybridized carbons (Fsp3) is 0.417. The molecule has 0 aliphatic heterocycles. The number of benzene rings is 1. The molecule has 0 amide bonds. The number of aliphatic carboxylic acids is 1. The Morgan fingerprint density at radius 3 is 2.29 bits per heavy atom. The van der Waals surface area contributed by atoms with Gasteiger partial charge in [-0.2, -0.15) is 8.78 Å². The third kappa shape index (κ3) is 4.34. The van der Waals surface area contributed by atoms with Gasteiger partial charge in [-0.3, -0.25) is 0 Å². The maximum absolute atomic E-state index is 12.9. The van der Waals surface area contributed by atoms with Crippen LogP contribution in [0.5, 0.6) is 0 Å². The second-order valence-electron chi connectivity index (χ2n) is 4.00. The first-order chi connectivity index (χ1) is 7.81. The normalized spacial score (nSPS) is 11.8. The van der Waals surface area contributed by atoms with Crippen LogP contribution >= 0.6 is 11.8 Å². The maximum Gasteiger partial charge on any atom is 0.374 e. The standard InChI is InChI=1S/C12H14F2O2S/c1-8(2)17-10-5-3-9(4-6-10)7-12(13,14)11(15)16/h3-6,8H,7H2,1-2H3,(H,15,16). The van der Waals surface area contributed by atoms with Crippen molar-refractivity contribution in [2.24, 2.45) is 0 Å². The van der Waals surface area contributed by atoms with Crippen molar-refractivity contribution in [2.75, 3.05) is 0 Å². The molecule has 1 rings (SSSR count). The summed E-state index contributed by atoms with van der Waals surface area (Å²) in [5.74, 6) is -5.79. The fourth-order valence-corrected chi connectivity index (χ4v) is 2.13. The number of carboxylic acids is 1. The van der Waals surface area contributed by atoms with Gasteiger partial charge >= 0.3 is 11.9 Å². The molecule has 5 heteroatoms. The lowest BCUT2D eigenvalue weighted by Crippen LogP contribution is -2.30. The summed E-state index contributed by atoms with van der Waals surface area (Å²) < 4.78 is 25.9. The third-order valence-electron chi connectivity index (χ3n) is 2.03. The quantitative estimate of drug-likeness (QED) is 0.824. The molecule has 94 valence electrons. The smallest absolute Gasteiger partial charge is 0.374 e. The lowest BCUT2D eigenvalue weighted by atomic mass is 10.1. The summed E-state index contributed by atoms with van der Waals surface area (Å²) in [5.41, 5.74) is 0.325. The van der Waals surface area contributed by atoms with Crippen LogP contribution in [0, 0.1) is 0 Å². The highest BCUT2D eigenvalue weighted by Crippen LogP contribution is 2.25. The molecule has 17 heavy (non-hydrogen) atoms. The molecule has 0 aliphatic carbocycles. The molecule has 0 atom stereocenters. The van der Waals surface area contributed by atoms with Crippen LogP contribution < -0.4 is 0 Å². The van der Waals surface area contributed by atoms with E-state index in [0.717, 1.165) is 4.90 Å². The highest BCUT2D eigenvalue weighted by Gasteiger charge is 2.38. The first-order valence-corrected chi connectivity index (χ1v) is 6.06. The van der Waals surface area contributed by atoms with Gasteiger partial charge in [0.25, 0.3) is 0 Å². The molecule has 0 heterocycles. The SMILES string of the molecule is CC(C)Sc1ccc(CC(F)(F)C(=O)O)cc1. The molecule has 0 bridgehead atoms. The molecule has 1 N–H and O–H groups in total. The van der Waals surface area contributed by atoms with Gasteiger partial charge in [0.1, 0.15) is 0 Å². The van der Waals surface area contributed by atoms with Crippen molar-refractivity contribution in [1.82, 2.24) is 0 Å². The van der Waals surface area contributed by atoms with Crippen LogP contribution in [0.2, 0.25) is 0 Å². The Morgan fingerprint density at radius 1 is 1.35 bits per heavy atom. The lowest BCUT2D eigenvalue weighted by molar-refractivity contribution is -0.164. The molecule has 0 aromatic heterocycles. The first kappa shape index (κ1) is 14.0. The molecule has 0 radical (unpaired) electrons. The zero-order valence-electron chi connectivity index (χ0n) is 9.61. The average Bonchev–Trinajstić information content (AvgIpc) is 2.19. The van der Waals surface area contributed by atoms with E-state index < -0.39 is 18.3 Å². The van der Waals surface area contributed by atoms with Crippen LogP contribution in [-0.2, 0) is 11.2 Å². The Balaban J connectivity index is 2.72.